The summed E-state index contributed by atoms with van der Waals surface area (Å²) in [4.78, 5) is 4.37. The average Bonchev–Trinajstić information content (AvgIpc) is 2.26. The Kier molecular flexibility index (Phi) is 2.65. The summed E-state index contributed by atoms with van der Waals surface area (Å²) in [7, 11) is -3.68. The maximum Gasteiger partial charge on any atom is 0.238 e. The molecule has 84 valence electrons. The van der Waals surface area contributed by atoms with Gasteiger partial charge in [-0.3, -0.25) is 4.98 Å². The zero-order chi connectivity index (χ0) is 11.8. The number of hydrogen-bond acceptors (Lipinski definition) is 3. The minimum absolute atomic E-state index is 0.155. The highest BCUT2D eigenvalue weighted by molar-refractivity contribution is 7.89. The molecule has 0 saturated carbocycles. The van der Waals surface area contributed by atoms with Crippen molar-refractivity contribution in [2.24, 2.45) is 5.14 Å². The summed E-state index contributed by atoms with van der Waals surface area (Å²) in [6, 6.07) is 6.73. The van der Waals surface area contributed by atoms with Crippen LogP contribution in [-0.4, -0.2) is 13.4 Å². The summed E-state index contributed by atoms with van der Waals surface area (Å²) >= 11 is 0. The average molecular weight is 236 g/mol. The lowest BCUT2D eigenvalue weighted by Crippen LogP contribution is -2.12. The number of pyridine rings is 1. The molecule has 4 nitrogen and oxygen atoms in total. The van der Waals surface area contributed by atoms with E-state index < -0.39 is 10.0 Å². The van der Waals surface area contributed by atoms with Gasteiger partial charge < -0.3 is 0 Å². The standard InChI is InChI=1S/C11H12N2O2S/c1-2-10-8-4-3-5-11(16(12,14)15)9(8)6-7-13-10/h3-7H,2H2,1H3,(H2,12,14,15). The van der Waals surface area contributed by atoms with Crippen LogP contribution < -0.4 is 5.14 Å². The van der Waals surface area contributed by atoms with E-state index in [-0.39, 0.29) is 4.90 Å². The van der Waals surface area contributed by atoms with Crippen LogP contribution in [0.25, 0.3) is 10.8 Å². The first-order valence-electron chi connectivity index (χ1n) is 4.93. The van der Waals surface area contributed by atoms with Crippen molar-refractivity contribution < 1.29 is 8.42 Å². The first-order valence-corrected chi connectivity index (χ1v) is 6.48. The van der Waals surface area contributed by atoms with Gasteiger partial charge in [-0.2, -0.15) is 0 Å². The number of nitrogens with two attached hydrogens (primary N) is 1. The number of primary sulfonamides is 1. The van der Waals surface area contributed by atoms with E-state index in [1.165, 1.54) is 6.07 Å². The van der Waals surface area contributed by atoms with Crippen molar-refractivity contribution in [3.05, 3.63) is 36.2 Å². The number of sulfonamides is 1. The molecule has 2 aromatic rings. The molecular formula is C11H12N2O2S. The molecule has 0 fully saturated rings. The predicted octanol–water partition coefficient (Wildman–Crippen LogP) is 1.44. The third-order valence-corrected chi connectivity index (χ3v) is 3.46. The maximum absolute atomic E-state index is 11.4. The number of rotatable bonds is 2. The molecule has 0 saturated heterocycles. The van der Waals surface area contributed by atoms with E-state index in [0.717, 1.165) is 17.5 Å². The van der Waals surface area contributed by atoms with E-state index in [0.29, 0.717) is 5.39 Å². The van der Waals surface area contributed by atoms with Gasteiger partial charge in [-0.05, 0) is 18.6 Å². The highest BCUT2D eigenvalue weighted by atomic mass is 32.2. The van der Waals surface area contributed by atoms with E-state index in [9.17, 15) is 8.42 Å². The largest absolute Gasteiger partial charge is 0.261 e. The normalized spacial score (nSPS) is 11.9. The lowest BCUT2D eigenvalue weighted by Gasteiger charge is -2.06. The molecule has 0 amide bonds. The summed E-state index contributed by atoms with van der Waals surface area (Å²) < 4.78 is 22.8. The van der Waals surface area contributed by atoms with Gasteiger partial charge in [0.15, 0.2) is 0 Å². The quantitative estimate of drug-likeness (QED) is 0.857. The van der Waals surface area contributed by atoms with Crippen LogP contribution in [0.2, 0.25) is 0 Å². The van der Waals surface area contributed by atoms with E-state index >= 15 is 0 Å². The van der Waals surface area contributed by atoms with Crippen LogP contribution in [-0.2, 0) is 16.4 Å². The van der Waals surface area contributed by atoms with E-state index in [1.807, 2.05) is 13.0 Å². The van der Waals surface area contributed by atoms with Gasteiger partial charge in [0, 0.05) is 22.7 Å². The second-order valence-corrected chi connectivity index (χ2v) is 5.04. The van der Waals surface area contributed by atoms with Crippen LogP contribution >= 0.6 is 0 Å². The Morgan fingerprint density at radius 3 is 2.62 bits per heavy atom. The molecule has 5 heteroatoms. The first kappa shape index (κ1) is 11.0. The van der Waals surface area contributed by atoms with E-state index in [1.54, 1.807) is 18.3 Å². The predicted molar refractivity (Wildman–Crippen MR) is 62.5 cm³/mol. The SMILES string of the molecule is CCc1nccc2c(S(N)(=O)=O)cccc12. The molecule has 2 N–H and O–H groups in total. The van der Waals surface area contributed by atoms with Gasteiger partial charge in [-0.15, -0.1) is 0 Å². The number of fused-ring (bicyclic) bond motifs is 1. The fraction of sp³-hybridized carbons (Fsp3) is 0.182. The van der Waals surface area contributed by atoms with Gasteiger partial charge in [0.2, 0.25) is 10.0 Å². The van der Waals surface area contributed by atoms with Gasteiger partial charge in [-0.25, -0.2) is 13.6 Å². The van der Waals surface area contributed by atoms with Gasteiger partial charge in [0.25, 0.3) is 0 Å². The minimum Gasteiger partial charge on any atom is -0.261 e. The molecule has 0 radical (unpaired) electrons. The Balaban J connectivity index is 2.90. The van der Waals surface area contributed by atoms with Crippen molar-refractivity contribution in [3.8, 4) is 0 Å². The fourth-order valence-corrected chi connectivity index (χ4v) is 2.52. The highest BCUT2D eigenvalue weighted by Gasteiger charge is 2.13. The van der Waals surface area contributed by atoms with Crippen LogP contribution in [0.3, 0.4) is 0 Å². The molecule has 0 aliphatic carbocycles. The topological polar surface area (TPSA) is 73.0 Å². The molecule has 0 aliphatic heterocycles. The Morgan fingerprint density at radius 2 is 2.00 bits per heavy atom. The van der Waals surface area contributed by atoms with Crippen molar-refractivity contribution in [3.63, 3.8) is 0 Å². The summed E-state index contributed by atoms with van der Waals surface area (Å²) in [5.74, 6) is 0. The second kappa shape index (κ2) is 3.84. The molecule has 0 unspecified atom stereocenters. The van der Waals surface area contributed by atoms with Gasteiger partial charge in [-0.1, -0.05) is 19.1 Å². The highest BCUT2D eigenvalue weighted by Crippen LogP contribution is 2.23. The van der Waals surface area contributed by atoms with Gasteiger partial charge in [0.1, 0.15) is 0 Å². The summed E-state index contributed by atoms with van der Waals surface area (Å²) in [6.45, 7) is 1.98. The number of benzene rings is 1. The molecule has 2 rings (SSSR count). The third-order valence-electron chi connectivity index (χ3n) is 2.49. The molecule has 1 heterocycles. The van der Waals surface area contributed by atoms with Crippen LogP contribution in [0.15, 0.2) is 35.4 Å². The van der Waals surface area contributed by atoms with Crippen LogP contribution in [0.1, 0.15) is 12.6 Å². The molecule has 0 bridgehead atoms. The second-order valence-electron chi connectivity index (χ2n) is 3.51. The number of aryl methyl sites for hydroxylation is 1. The van der Waals surface area contributed by atoms with Crippen molar-refractivity contribution in [2.75, 3.05) is 0 Å². The van der Waals surface area contributed by atoms with E-state index in [2.05, 4.69) is 4.98 Å². The van der Waals surface area contributed by atoms with Crippen molar-refractivity contribution in [1.82, 2.24) is 4.98 Å². The summed E-state index contributed by atoms with van der Waals surface area (Å²) in [5, 5.41) is 6.65. The van der Waals surface area contributed by atoms with Crippen LogP contribution in [0, 0.1) is 0 Å². The molecule has 1 aromatic heterocycles. The smallest absolute Gasteiger partial charge is 0.238 e. The third kappa shape index (κ3) is 1.79. The Hall–Kier alpha value is -1.46. The molecule has 1 aromatic carbocycles. The minimum atomic E-state index is -3.68. The zero-order valence-electron chi connectivity index (χ0n) is 8.84. The van der Waals surface area contributed by atoms with Crippen LogP contribution in [0.4, 0.5) is 0 Å². The molecule has 0 spiro atoms. The maximum atomic E-state index is 11.4. The van der Waals surface area contributed by atoms with Crippen molar-refractivity contribution >= 4 is 20.8 Å². The lowest BCUT2D eigenvalue weighted by atomic mass is 10.1. The Labute approximate surface area is 94.2 Å². The van der Waals surface area contributed by atoms with Crippen LogP contribution in [0.5, 0.6) is 0 Å². The molecule has 16 heavy (non-hydrogen) atoms. The summed E-state index contributed by atoms with van der Waals surface area (Å²) in [5.41, 5.74) is 0.878. The first-order chi connectivity index (χ1) is 7.54. The number of nitrogens with zero attached hydrogens (tertiary/aromatic N) is 1. The van der Waals surface area contributed by atoms with Gasteiger partial charge >= 0.3 is 0 Å². The Morgan fingerprint density at radius 1 is 1.25 bits per heavy atom. The number of hydrogen-bond donors (Lipinski definition) is 1. The molecule has 0 atom stereocenters. The Bertz CT molecular complexity index is 635. The van der Waals surface area contributed by atoms with Crippen molar-refractivity contribution in [2.45, 2.75) is 18.2 Å². The fourth-order valence-electron chi connectivity index (χ4n) is 1.77. The van der Waals surface area contributed by atoms with E-state index in [4.69, 9.17) is 5.14 Å². The monoisotopic (exact) mass is 236 g/mol. The molecule has 0 aliphatic rings. The number of aromatic nitrogens is 1. The summed E-state index contributed by atoms with van der Waals surface area (Å²) in [6.07, 6.45) is 2.36. The lowest BCUT2D eigenvalue weighted by molar-refractivity contribution is 0.598. The zero-order valence-corrected chi connectivity index (χ0v) is 9.66. The van der Waals surface area contributed by atoms with Gasteiger partial charge in [0.05, 0.1) is 4.90 Å². The molecular weight excluding hydrogens is 224 g/mol. The van der Waals surface area contributed by atoms with Crippen molar-refractivity contribution in [1.29, 1.82) is 0 Å².